The maximum atomic E-state index is 12.6. The van der Waals surface area contributed by atoms with Crippen LogP contribution in [0.4, 0.5) is 9.80 Å². The van der Waals surface area contributed by atoms with Crippen LogP contribution in [0.15, 0.2) is 22.9 Å². The van der Waals surface area contributed by atoms with Crippen LogP contribution in [0, 0.1) is 0 Å². The van der Waals surface area contributed by atoms with E-state index in [-0.39, 0.29) is 17.5 Å². The molecule has 0 aliphatic heterocycles. The highest BCUT2D eigenvalue weighted by Gasteiger charge is 2.25. The van der Waals surface area contributed by atoms with Gasteiger partial charge in [-0.1, -0.05) is 6.07 Å². The minimum Gasteiger partial charge on any atom is -0.452 e. The van der Waals surface area contributed by atoms with Gasteiger partial charge in [0.2, 0.25) is 5.91 Å². The van der Waals surface area contributed by atoms with E-state index in [1.165, 1.54) is 29.6 Å². The van der Waals surface area contributed by atoms with Crippen LogP contribution in [0.1, 0.15) is 30.1 Å². The van der Waals surface area contributed by atoms with E-state index in [0.29, 0.717) is 10.6 Å². The second-order valence-electron chi connectivity index (χ2n) is 5.88. The lowest BCUT2D eigenvalue weighted by atomic mass is 10.1. The first-order valence-electron chi connectivity index (χ1n) is 8.14. The highest BCUT2D eigenvalue weighted by atomic mass is 32.1. The van der Waals surface area contributed by atoms with Gasteiger partial charge in [-0.25, -0.2) is 9.59 Å². The second-order valence-corrected chi connectivity index (χ2v) is 7.71. The third kappa shape index (κ3) is 5.14. The number of rotatable bonds is 6. The quantitative estimate of drug-likeness (QED) is 0.637. The van der Waals surface area contributed by atoms with Gasteiger partial charge in [0.1, 0.15) is 10.6 Å². The van der Waals surface area contributed by atoms with Gasteiger partial charge in [-0.3, -0.25) is 14.9 Å². The van der Waals surface area contributed by atoms with Gasteiger partial charge < -0.3 is 15.4 Å². The molecular formula is C17H17N3O5S2. The molecule has 0 atom stereocenters. The molecule has 10 heteroatoms. The number of imide groups is 1. The first kappa shape index (κ1) is 19.1. The molecule has 4 amide bonds. The van der Waals surface area contributed by atoms with Gasteiger partial charge in [-0.05, 0) is 24.3 Å². The van der Waals surface area contributed by atoms with Crippen LogP contribution >= 0.6 is 22.7 Å². The Morgan fingerprint density at radius 3 is 2.63 bits per heavy atom. The largest absolute Gasteiger partial charge is 0.452 e. The Bertz CT molecular complexity index is 871. The first-order chi connectivity index (χ1) is 12.9. The predicted octanol–water partition coefficient (Wildman–Crippen LogP) is 2.58. The summed E-state index contributed by atoms with van der Waals surface area (Å²) in [7, 11) is 0. The number of carbonyl (C=O) groups is 4. The summed E-state index contributed by atoms with van der Waals surface area (Å²) in [4.78, 5) is 48.1. The molecule has 3 N–H and O–H groups in total. The monoisotopic (exact) mass is 407 g/mol. The van der Waals surface area contributed by atoms with E-state index < -0.39 is 24.5 Å². The summed E-state index contributed by atoms with van der Waals surface area (Å²) in [5.41, 5.74) is 0.809. The highest BCUT2D eigenvalue weighted by Crippen LogP contribution is 2.38. The van der Waals surface area contributed by atoms with Crippen LogP contribution in [0.2, 0.25) is 0 Å². The first-order valence-corrected chi connectivity index (χ1v) is 9.90. The number of urea groups is 1. The number of anilines is 1. The van der Waals surface area contributed by atoms with Crippen molar-refractivity contribution >= 4 is 51.5 Å². The van der Waals surface area contributed by atoms with Crippen molar-refractivity contribution in [2.75, 3.05) is 11.9 Å². The zero-order valence-corrected chi connectivity index (χ0v) is 16.0. The average molecular weight is 407 g/mol. The molecular weight excluding hydrogens is 390 g/mol. The molecule has 3 rings (SSSR count). The number of nitrogens with one attached hydrogen (secondary N) is 3. The van der Waals surface area contributed by atoms with Gasteiger partial charge in [-0.15, -0.1) is 22.7 Å². The maximum absolute atomic E-state index is 12.6. The molecule has 1 aliphatic carbocycles. The van der Waals surface area contributed by atoms with Crippen molar-refractivity contribution in [2.45, 2.75) is 25.8 Å². The van der Waals surface area contributed by atoms with Crippen LogP contribution in [-0.2, 0) is 14.3 Å². The summed E-state index contributed by atoms with van der Waals surface area (Å²) >= 11 is 2.64. The molecule has 0 bridgehead atoms. The zero-order chi connectivity index (χ0) is 19.4. The number of esters is 1. The lowest BCUT2D eigenvalue weighted by Gasteiger charge is -2.09. The summed E-state index contributed by atoms with van der Waals surface area (Å²) in [6, 6.07) is 3.19. The van der Waals surface area contributed by atoms with E-state index in [4.69, 9.17) is 4.74 Å². The number of carbonyl (C=O) groups excluding carboxylic acids is 4. The van der Waals surface area contributed by atoms with Crippen molar-refractivity contribution < 1.29 is 23.9 Å². The van der Waals surface area contributed by atoms with E-state index in [1.807, 2.05) is 17.5 Å². The fourth-order valence-electron chi connectivity index (χ4n) is 2.24. The maximum Gasteiger partial charge on any atom is 0.342 e. The van der Waals surface area contributed by atoms with Crippen LogP contribution in [0.5, 0.6) is 0 Å². The molecule has 0 radical (unpaired) electrons. The summed E-state index contributed by atoms with van der Waals surface area (Å²) in [6.07, 6.45) is 1.79. The molecule has 2 heterocycles. The zero-order valence-electron chi connectivity index (χ0n) is 14.4. The van der Waals surface area contributed by atoms with Gasteiger partial charge in [0.25, 0.3) is 5.91 Å². The Morgan fingerprint density at radius 2 is 2.00 bits per heavy atom. The topological polar surface area (TPSA) is 114 Å². The minimum atomic E-state index is -0.749. The van der Waals surface area contributed by atoms with E-state index in [2.05, 4.69) is 16.0 Å². The third-order valence-electron chi connectivity index (χ3n) is 3.57. The van der Waals surface area contributed by atoms with Gasteiger partial charge in [0.15, 0.2) is 6.61 Å². The average Bonchev–Trinajstić information content (AvgIpc) is 3.09. The van der Waals surface area contributed by atoms with Crippen LogP contribution in [-0.4, -0.2) is 36.5 Å². The number of hydrogen-bond acceptors (Lipinski definition) is 7. The molecule has 27 heavy (non-hydrogen) atoms. The number of thiophene rings is 2. The van der Waals surface area contributed by atoms with Gasteiger partial charge in [0, 0.05) is 28.8 Å². The van der Waals surface area contributed by atoms with Crippen molar-refractivity contribution in [1.82, 2.24) is 10.6 Å². The Kier molecular flexibility index (Phi) is 5.87. The summed E-state index contributed by atoms with van der Waals surface area (Å²) in [5.74, 6) is -1.80. The highest BCUT2D eigenvalue weighted by molar-refractivity contribution is 7.17. The smallest absolute Gasteiger partial charge is 0.342 e. The second kappa shape index (κ2) is 8.31. The van der Waals surface area contributed by atoms with Crippen molar-refractivity contribution in [3.8, 4) is 10.4 Å². The standard InChI is InChI=1S/C17H17N3O5S2/c1-9(21)18-15-14(11(8-27-15)12-3-2-6-26-12)16(23)25-7-13(22)20-17(24)19-10-4-5-10/h2-3,6,8,10H,4-5,7H2,1H3,(H,18,21)(H2,19,20,22,24). The Morgan fingerprint density at radius 1 is 1.22 bits per heavy atom. The number of amides is 4. The van der Waals surface area contributed by atoms with E-state index in [0.717, 1.165) is 17.7 Å². The van der Waals surface area contributed by atoms with Gasteiger partial charge in [0.05, 0.1) is 0 Å². The molecule has 0 saturated heterocycles. The molecule has 1 fully saturated rings. The van der Waals surface area contributed by atoms with Crippen molar-refractivity contribution in [3.63, 3.8) is 0 Å². The SMILES string of the molecule is CC(=O)Nc1scc(-c2cccs2)c1C(=O)OCC(=O)NC(=O)NC1CC1. The fourth-order valence-corrected chi connectivity index (χ4v) is 4.06. The molecule has 0 aromatic carbocycles. The van der Waals surface area contributed by atoms with E-state index in [1.54, 1.807) is 5.38 Å². The molecule has 1 aliphatic rings. The van der Waals surface area contributed by atoms with Crippen molar-refractivity contribution in [2.24, 2.45) is 0 Å². The fraction of sp³-hybridized carbons (Fsp3) is 0.294. The number of hydrogen-bond donors (Lipinski definition) is 3. The lowest BCUT2D eigenvalue weighted by molar-refractivity contribution is -0.123. The molecule has 0 unspecified atom stereocenters. The van der Waals surface area contributed by atoms with Crippen LogP contribution in [0.3, 0.4) is 0 Å². The third-order valence-corrected chi connectivity index (χ3v) is 5.37. The molecule has 8 nitrogen and oxygen atoms in total. The molecule has 1 saturated carbocycles. The normalized spacial score (nSPS) is 12.9. The Labute approximate surface area is 162 Å². The lowest BCUT2D eigenvalue weighted by Crippen LogP contribution is -2.42. The van der Waals surface area contributed by atoms with Gasteiger partial charge >= 0.3 is 12.0 Å². The van der Waals surface area contributed by atoms with Crippen molar-refractivity contribution in [3.05, 3.63) is 28.5 Å². The summed E-state index contributed by atoms with van der Waals surface area (Å²) < 4.78 is 5.06. The van der Waals surface area contributed by atoms with E-state index >= 15 is 0 Å². The molecule has 2 aromatic heterocycles. The summed E-state index contributed by atoms with van der Waals surface area (Å²) in [6.45, 7) is 0.738. The molecule has 0 spiro atoms. The van der Waals surface area contributed by atoms with Gasteiger partial charge in [-0.2, -0.15) is 0 Å². The van der Waals surface area contributed by atoms with Crippen LogP contribution in [0.25, 0.3) is 10.4 Å². The molecule has 142 valence electrons. The summed E-state index contributed by atoms with van der Waals surface area (Å²) in [5, 5.41) is 11.3. The Balaban J connectivity index is 1.67. The predicted molar refractivity (Wildman–Crippen MR) is 102 cm³/mol. The van der Waals surface area contributed by atoms with Crippen LogP contribution < -0.4 is 16.0 Å². The molecule has 2 aromatic rings. The van der Waals surface area contributed by atoms with E-state index in [9.17, 15) is 19.2 Å². The number of ether oxygens (including phenoxy) is 1. The van der Waals surface area contributed by atoms with Crippen molar-refractivity contribution in [1.29, 1.82) is 0 Å². The minimum absolute atomic E-state index is 0.111. The Hall–Kier alpha value is -2.72.